The third kappa shape index (κ3) is 4.70. The van der Waals surface area contributed by atoms with Gasteiger partial charge in [0.25, 0.3) is 0 Å². The third-order valence-corrected chi connectivity index (χ3v) is 4.17. The van der Waals surface area contributed by atoms with E-state index >= 15 is 0 Å². The predicted molar refractivity (Wildman–Crippen MR) is 98.9 cm³/mol. The van der Waals surface area contributed by atoms with E-state index < -0.39 is 5.97 Å². The first-order valence-corrected chi connectivity index (χ1v) is 8.63. The number of thiazole rings is 1. The fraction of sp³-hybridized carbons (Fsp3) is 0.167. The standard InChI is InChI=1S/C18H17N3O4S/c1-12-11-26-18(20-12)21-19-9-13-3-5-14(6-4-13)24-10-15-7-8-16(25-15)17(22)23-2/h3-9,11H,10H2,1-2H3,(H,20,21). The van der Waals surface area contributed by atoms with Crippen molar-refractivity contribution in [1.29, 1.82) is 0 Å². The Kier molecular flexibility index (Phi) is 5.65. The highest BCUT2D eigenvalue weighted by Crippen LogP contribution is 2.16. The number of hydrazone groups is 1. The van der Waals surface area contributed by atoms with Gasteiger partial charge in [0.1, 0.15) is 18.1 Å². The molecule has 0 unspecified atom stereocenters. The molecule has 2 aromatic heterocycles. The molecule has 0 atom stereocenters. The summed E-state index contributed by atoms with van der Waals surface area (Å²) in [7, 11) is 1.30. The Morgan fingerprint density at radius 1 is 1.31 bits per heavy atom. The van der Waals surface area contributed by atoms with Crippen LogP contribution in [0.4, 0.5) is 5.13 Å². The van der Waals surface area contributed by atoms with E-state index in [9.17, 15) is 4.79 Å². The number of nitrogens with zero attached hydrogens (tertiary/aromatic N) is 2. The zero-order valence-corrected chi connectivity index (χ0v) is 15.1. The van der Waals surface area contributed by atoms with Crippen molar-refractivity contribution in [1.82, 2.24) is 4.98 Å². The minimum atomic E-state index is -0.513. The summed E-state index contributed by atoms with van der Waals surface area (Å²) in [4.78, 5) is 15.6. The average molecular weight is 371 g/mol. The predicted octanol–water partition coefficient (Wildman–Crippen LogP) is 3.86. The van der Waals surface area contributed by atoms with Crippen molar-refractivity contribution in [2.24, 2.45) is 5.10 Å². The second-order valence-corrected chi connectivity index (χ2v) is 6.14. The number of carbonyl (C=O) groups is 1. The summed E-state index contributed by atoms with van der Waals surface area (Å²) in [5, 5.41) is 6.86. The highest BCUT2D eigenvalue weighted by Gasteiger charge is 2.11. The number of hydrogen-bond donors (Lipinski definition) is 1. The molecule has 3 aromatic rings. The summed E-state index contributed by atoms with van der Waals surface area (Å²) in [5.74, 6) is 0.864. The lowest BCUT2D eigenvalue weighted by molar-refractivity contribution is 0.0561. The van der Waals surface area contributed by atoms with Gasteiger partial charge in [0.2, 0.25) is 10.9 Å². The molecule has 0 fully saturated rings. The quantitative estimate of drug-likeness (QED) is 0.386. The number of aromatic nitrogens is 1. The number of hydrogen-bond acceptors (Lipinski definition) is 8. The molecule has 134 valence electrons. The van der Waals surface area contributed by atoms with Gasteiger partial charge in [-0.25, -0.2) is 9.78 Å². The van der Waals surface area contributed by atoms with Crippen LogP contribution in [0.2, 0.25) is 0 Å². The van der Waals surface area contributed by atoms with Gasteiger partial charge in [0.05, 0.1) is 19.0 Å². The molecular formula is C18H17N3O4S. The zero-order chi connectivity index (χ0) is 18.4. The average Bonchev–Trinajstić information content (AvgIpc) is 3.29. The molecular weight excluding hydrogens is 354 g/mol. The molecule has 2 heterocycles. The van der Waals surface area contributed by atoms with Gasteiger partial charge in [-0.15, -0.1) is 11.3 Å². The first-order valence-electron chi connectivity index (χ1n) is 7.75. The number of methoxy groups -OCH3 is 1. The number of benzene rings is 1. The number of ether oxygens (including phenoxy) is 2. The fourth-order valence-electron chi connectivity index (χ4n) is 2.04. The first kappa shape index (κ1) is 17.7. The Balaban J connectivity index is 1.51. The molecule has 26 heavy (non-hydrogen) atoms. The number of nitrogens with one attached hydrogen (secondary N) is 1. The highest BCUT2D eigenvalue weighted by atomic mass is 32.1. The smallest absolute Gasteiger partial charge is 0.373 e. The molecule has 0 bridgehead atoms. The number of anilines is 1. The van der Waals surface area contributed by atoms with Crippen molar-refractivity contribution in [2.45, 2.75) is 13.5 Å². The van der Waals surface area contributed by atoms with Crippen molar-refractivity contribution in [2.75, 3.05) is 12.5 Å². The number of aryl methyl sites for hydroxylation is 1. The maximum atomic E-state index is 11.3. The first-order chi connectivity index (χ1) is 12.6. The molecule has 0 radical (unpaired) electrons. The summed E-state index contributed by atoms with van der Waals surface area (Å²) in [5.41, 5.74) is 4.77. The lowest BCUT2D eigenvalue weighted by atomic mass is 10.2. The van der Waals surface area contributed by atoms with Crippen molar-refractivity contribution in [3.63, 3.8) is 0 Å². The molecule has 0 aliphatic carbocycles. The Hall–Kier alpha value is -3.13. The molecule has 7 nitrogen and oxygen atoms in total. The topological polar surface area (TPSA) is 86.0 Å². The molecule has 0 amide bonds. The summed E-state index contributed by atoms with van der Waals surface area (Å²) in [6.45, 7) is 2.15. The number of furan rings is 1. The van der Waals surface area contributed by atoms with E-state index in [2.05, 4.69) is 20.2 Å². The fourth-order valence-corrected chi connectivity index (χ4v) is 2.67. The summed E-state index contributed by atoms with van der Waals surface area (Å²) >= 11 is 1.50. The minimum absolute atomic E-state index is 0.153. The largest absolute Gasteiger partial charge is 0.486 e. The van der Waals surface area contributed by atoms with Crippen LogP contribution in [-0.2, 0) is 11.3 Å². The maximum Gasteiger partial charge on any atom is 0.373 e. The summed E-state index contributed by atoms with van der Waals surface area (Å²) in [6.07, 6.45) is 1.70. The van der Waals surface area contributed by atoms with Crippen molar-refractivity contribution in [3.05, 3.63) is 64.6 Å². The minimum Gasteiger partial charge on any atom is -0.486 e. The Morgan fingerprint density at radius 2 is 2.12 bits per heavy atom. The third-order valence-electron chi connectivity index (χ3n) is 3.30. The van der Waals surface area contributed by atoms with Gasteiger partial charge in [-0.1, -0.05) is 0 Å². The van der Waals surface area contributed by atoms with Crippen molar-refractivity contribution >= 4 is 28.7 Å². The van der Waals surface area contributed by atoms with Gasteiger partial charge < -0.3 is 13.9 Å². The molecule has 1 N–H and O–H groups in total. The second kappa shape index (κ2) is 8.30. The van der Waals surface area contributed by atoms with Gasteiger partial charge in [-0.3, -0.25) is 5.43 Å². The van der Waals surface area contributed by atoms with Gasteiger partial charge >= 0.3 is 5.97 Å². The van der Waals surface area contributed by atoms with Crippen LogP contribution in [0.15, 0.2) is 51.3 Å². The van der Waals surface area contributed by atoms with Crippen LogP contribution in [0.3, 0.4) is 0 Å². The van der Waals surface area contributed by atoms with Crippen LogP contribution in [0.1, 0.15) is 27.6 Å². The monoisotopic (exact) mass is 371 g/mol. The van der Waals surface area contributed by atoms with Gasteiger partial charge in [-0.2, -0.15) is 5.10 Å². The SMILES string of the molecule is COC(=O)c1ccc(COc2ccc(C=NNc3nc(C)cs3)cc2)o1. The molecule has 0 aliphatic rings. The van der Waals surface area contributed by atoms with Crippen molar-refractivity contribution < 1.29 is 18.7 Å². The maximum absolute atomic E-state index is 11.3. The van der Waals surface area contributed by atoms with E-state index in [1.54, 1.807) is 18.3 Å². The van der Waals surface area contributed by atoms with Crippen LogP contribution in [0.25, 0.3) is 0 Å². The molecule has 0 spiro atoms. The van der Waals surface area contributed by atoms with Crippen LogP contribution < -0.4 is 10.2 Å². The van der Waals surface area contributed by atoms with E-state index in [4.69, 9.17) is 9.15 Å². The summed E-state index contributed by atoms with van der Waals surface area (Å²) < 4.78 is 15.6. The van der Waals surface area contributed by atoms with Crippen molar-refractivity contribution in [3.8, 4) is 5.75 Å². The summed E-state index contributed by atoms with van der Waals surface area (Å²) in [6, 6.07) is 10.7. The van der Waals surface area contributed by atoms with E-state index in [0.29, 0.717) is 11.5 Å². The molecule has 0 saturated carbocycles. The van der Waals surface area contributed by atoms with Crippen LogP contribution in [-0.4, -0.2) is 24.3 Å². The normalized spacial score (nSPS) is 10.8. The Labute approximate surface area is 154 Å². The van der Waals surface area contributed by atoms with E-state index in [0.717, 1.165) is 16.4 Å². The van der Waals surface area contributed by atoms with Gasteiger partial charge in [0, 0.05) is 5.38 Å². The Bertz CT molecular complexity index is 899. The van der Waals surface area contributed by atoms with E-state index in [1.165, 1.54) is 18.4 Å². The number of rotatable bonds is 7. The molecule has 0 saturated heterocycles. The number of esters is 1. The van der Waals surface area contributed by atoms with E-state index in [-0.39, 0.29) is 12.4 Å². The van der Waals surface area contributed by atoms with Crippen LogP contribution in [0.5, 0.6) is 5.75 Å². The molecule has 1 aromatic carbocycles. The highest BCUT2D eigenvalue weighted by molar-refractivity contribution is 7.13. The molecule has 8 heteroatoms. The Morgan fingerprint density at radius 3 is 2.81 bits per heavy atom. The van der Waals surface area contributed by atoms with Crippen LogP contribution >= 0.6 is 11.3 Å². The van der Waals surface area contributed by atoms with Crippen LogP contribution in [0, 0.1) is 6.92 Å². The van der Waals surface area contributed by atoms with Gasteiger partial charge in [-0.05, 0) is 48.9 Å². The second-order valence-electron chi connectivity index (χ2n) is 5.28. The van der Waals surface area contributed by atoms with E-state index in [1.807, 2.05) is 36.6 Å². The molecule has 3 rings (SSSR count). The molecule has 0 aliphatic heterocycles. The van der Waals surface area contributed by atoms with Gasteiger partial charge in [0.15, 0.2) is 0 Å². The number of carbonyl (C=O) groups excluding carboxylic acids is 1. The lowest BCUT2D eigenvalue weighted by Crippen LogP contribution is -1.99. The zero-order valence-electron chi connectivity index (χ0n) is 14.3. The lowest BCUT2D eigenvalue weighted by Gasteiger charge is -2.04.